The molecule has 4 heteroatoms. The third kappa shape index (κ3) is 4.55. The van der Waals surface area contributed by atoms with Crippen molar-refractivity contribution in [3.8, 4) is 11.5 Å². The number of likely N-dealkylation sites (N-methyl/N-ethyl adjacent to an activating group) is 1. The molecule has 0 saturated heterocycles. The minimum absolute atomic E-state index is 0.197. The van der Waals surface area contributed by atoms with Crippen molar-refractivity contribution in [1.29, 1.82) is 0 Å². The molecule has 0 saturated carbocycles. The lowest BCUT2D eigenvalue weighted by Crippen LogP contribution is -2.35. The molecule has 0 radical (unpaired) electrons. The molecule has 0 fully saturated rings. The molecule has 1 atom stereocenters. The van der Waals surface area contributed by atoms with Crippen molar-refractivity contribution in [2.45, 2.75) is 26.4 Å². The van der Waals surface area contributed by atoms with Gasteiger partial charge in [0.05, 0.1) is 6.61 Å². The molecule has 0 aliphatic carbocycles. The lowest BCUT2D eigenvalue weighted by atomic mass is 10.2. The van der Waals surface area contributed by atoms with Gasteiger partial charge in [0.25, 0.3) is 0 Å². The van der Waals surface area contributed by atoms with Crippen molar-refractivity contribution in [2.75, 3.05) is 27.2 Å². The van der Waals surface area contributed by atoms with Gasteiger partial charge < -0.3 is 20.1 Å². The summed E-state index contributed by atoms with van der Waals surface area (Å²) in [5, 5.41) is 13.0. The molecule has 0 bridgehead atoms. The molecule has 1 unspecified atom stereocenters. The SMILES string of the molecule is CCOc1cc(CNCC(C)N(C)C)ccc1O. The summed E-state index contributed by atoms with van der Waals surface area (Å²) in [5.41, 5.74) is 1.11. The first kappa shape index (κ1) is 14.8. The number of hydrogen-bond donors (Lipinski definition) is 2. The van der Waals surface area contributed by atoms with E-state index in [1.165, 1.54) is 0 Å². The number of nitrogens with zero attached hydrogens (tertiary/aromatic N) is 1. The smallest absolute Gasteiger partial charge is 0.161 e. The fraction of sp³-hybridized carbons (Fsp3) is 0.571. The third-order valence-electron chi connectivity index (χ3n) is 2.97. The topological polar surface area (TPSA) is 44.7 Å². The number of nitrogens with one attached hydrogen (secondary N) is 1. The van der Waals surface area contributed by atoms with E-state index in [9.17, 15) is 5.11 Å². The monoisotopic (exact) mass is 252 g/mol. The Balaban J connectivity index is 2.50. The maximum atomic E-state index is 9.60. The molecule has 4 nitrogen and oxygen atoms in total. The zero-order chi connectivity index (χ0) is 13.5. The molecule has 0 aromatic heterocycles. The van der Waals surface area contributed by atoms with Gasteiger partial charge in [-0.05, 0) is 45.6 Å². The van der Waals surface area contributed by atoms with Crippen molar-refractivity contribution in [3.05, 3.63) is 23.8 Å². The molecular formula is C14H24N2O2. The summed E-state index contributed by atoms with van der Waals surface area (Å²) in [7, 11) is 4.14. The van der Waals surface area contributed by atoms with Crippen LogP contribution in [0.15, 0.2) is 18.2 Å². The highest BCUT2D eigenvalue weighted by molar-refractivity contribution is 5.41. The average Bonchev–Trinajstić information content (AvgIpc) is 2.33. The quantitative estimate of drug-likeness (QED) is 0.777. The first-order valence-corrected chi connectivity index (χ1v) is 6.36. The third-order valence-corrected chi connectivity index (χ3v) is 2.97. The fourth-order valence-electron chi connectivity index (χ4n) is 1.55. The summed E-state index contributed by atoms with van der Waals surface area (Å²) >= 11 is 0. The van der Waals surface area contributed by atoms with Gasteiger partial charge in [-0.1, -0.05) is 6.07 Å². The van der Waals surface area contributed by atoms with E-state index < -0.39 is 0 Å². The molecular weight excluding hydrogens is 228 g/mol. The maximum absolute atomic E-state index is 9.60. The number of phenols is 1. The molecule has 102 valence electrons. The molecule has 2 N–H and O–H groups in total. The van der Waals surface area contributed by atoms with Crippen LogP contribution in [-0.2, 0) is 6.54 Å². The predicted molar refractivity (Wildman–Crippen MR) is 74.1 cm³/mol. The number of benzene rings is 1. The fourth-order valence-corrected chi connectivity index (χ4v) is 1.55. The van der Waals surface area contributed by atoms with Crippen LogP contribution in [0, 0.1) is 0 Å². The normalized spacial score (nSPS) is 12.7. The first-order chi connectivity index (χ1) is 8.54. The van der Waals surface area contributed by atoms with E-state index in [2.05, 4.69) is 31.2 Å². The summed E-state index contributed by atoms with van der Waals surface area (Å²) in [4.78, 5) is 2.18. The molecule has 1 aromatic carbocycles. The van der Waals surface area contributed by atoms with Crippen LogP contribution in [0.1, 0.15) is 19.4 Å². The summed E-state index contributed by atoms with van der Waals surface area (Å²) in [6.45, 7) is 6.34. The van der Waals surface area contributed by atoms with E-state index in [0.717, 1.165) is 18.7 Å². The van der Waals surface area contributed by atoms with Crippen LogP contribution < -0.4 is 10.1 Å². The second kappa shape index (κ2) is 7.24. The molecule has 0 heterocycles. The molecule has 0 aliphatic rings. The Hall–Kier alpha value is -1.26. The van der Waals surface area contributed by atoms with Crippen LogP contribution in [0.3, 0.4) is 0 Å². The van der Waals surface area contributed by atoms with E-state index in [0.29, 0.717) is 18.4 Å². The molecule has 1 aromatic rings. The molecule has 1 rings (SSSR count). The largest absolute Gasteiger partial charge is 0.504 e. The summed E-state index contributed by atoms with van der Waals surface area (Å²) in [6, 6.07) is 5.96. The van der Waals surface area contributed by atoms with Crippen LogP contribution >= 0.6 is 0 Å². The van der Waals surface area contributed by atoms with Gasteiger partial charge in [0, 0.05) is 19.1 Å². The Kier molecular flexibility index (Phi) is 5.95. The van der Waals surface area contributed by atoms with Crippen molar-refractivity contribution in [3.63, 3.8) is 0 Å². The van der Waals surface area contributed by atoms with Crippen LogP contribution in [0.4, 0.5) is 0 Å². The van der Waals surface area contributed by atoms with Gasteiger partial charge in [-0.15, -0.1) is 0 Å². The zero-order valence-electron chi connectivity index (χ0n) is 11.7. The van der Waals surface area contributed by atoms with Crippen molar-refractivity contribution in [1.82, 2.24) is 10.2 Å². The predicted octanol–water partition coefficient (Wildman–Crippen LogP) is 1.83. The van der Waals surface area contributed by atoms with Gasteiger partial charge in [-0.3, -0.25) is 0 Å². The van der Waals surface area contributed by atoms with E-state index >= 15 is 0 Å². The van der Waals surface area contributed by atoms with Crippen LogP contribution in [0.25, 0.3) is 0 Å². The lowest BCUT2D eigenvalue weighted by Gasteiger charge is -2.20. The molecule has 18 heavy (non-hydrogen) atoms. The second-order valence-corrected chi connectivity index (χ2v) is 4.68. The van der Waals surface area contributed by atoms with E-state index in [-0.39, 0.29) is 5.75 Å². The van der Waals surface area contributed by atoms with Crippen molar-refractivity contribution >= 4 is 0 Å². The van der Waals surface area contributed by atoms with Gasteiger partial charge in [-0.25, -0.2) is 0 Å². The number of hydrogen-bond acceptors (Lipinski definition) is 4. The highest BCUT2D eigenvalue weighted by Gasteiger charge is 2.05. The molecule has 0 amide bonds. The van der Waals surface area contributed by atoms with Crippen LogP contribution in [0.2, 0.25) is 0 Å². The first-order valence-electron chi connectivity index (χ1n) is 6.36. The Morgan fingerprint density at radius 3 is 2.72 bits per heavy atom. The number of aromatic hydroxyl groups is 1. The van der Waals surface area contributed by atoms with Gasteiger partial charge in [0.15, 0.2) is 11.5 Å². The van der Waals surface area contributed by atoms with Crippen molar-refractivity contribution in [2.24, 2.45) is 0 Å². The van der Waals surface area contributed by atoms with Crippen molar-refractivity contribution < 1.29 is 9.84 Å². The summed E-state index contributed by atoms with van der Waals surface area (Å²) < 4.78 is 5.36. The Morgan fingerprint density at radius 1 is 1.39 bits per heavy atom. The highest BCUT2D eigenvalue weighted by Crippen LogP contribution is 2.26. The van der Waals surface area contributed by atoms with Gasteiger partial charge in [-0.2, -0.15) is 0 Å². The number of ether oxygens (including phenoxy) is 1. The minimum Gasteiger partial charge on any atom is -0.504 e. The van der Waals surface area contributed by atoms with E-state index in [4.69, 9.17) is 4.74 Å². The highest BCUT2D eigenvalue weighted by atomic mass is 16.5. The summed E-state index contributed by atoms with van der Waals surface area (Å²) in [5.74, 6) is 0.750. The van der Waals surface area contributed by atoms with Gasteiger partial charge in [0.2, 0.25) is 0 Å². The van der Waals surface area contributed by atoms with Crippen LogP contribution in [0.5, 0.6) is 11.5 Å². The molecule has 0 aliphatic heterocycles. The Bertz CT molecular complexity index is 367. The van der Waals surface area contributed by atoms with Gasteiger partial charge >= 0.3 is 0 Å². The number of phenolic OH excluding ortho intramolecular Hbond substituents is 1. The zero-order valence-corrected chi connectivity index (χ0v) is 11.7. The maximum Gasteiger partial charge on any atom is 0.161 e. The van der Waals surface area contributed by atoms with Gasteiger partial charge in [0.1, 0.15) is 0 Å². The number of rotatable bonds is 7. The second-order valence-electron chi connectivity index (χ2n) is 4.68. The standard InChI is InChI=1S/C14H24N2O2/c1-5-18-14-8-12(6-7-13(14)17)10-15-9-11(2)16(3)4/h6-8,11,15,17H,5,9-10H2,1-4H3. The van der Waals surface area contributed by atoms with E-state index in [1.807, 2.05) is 19.1 Å². The Morgan fingerprint density at radius 2 is 2.11 bits per heavy atom. The molecule has 0 spiro atoms. The minimum atomic E-state index is 0.197. The lowest BCUT2D eigenvalue weighted by molar-refractivity contribution is 0.302. The van der Waals surface area contributed by atoms with E-state index in [1.54, 1.807) is 6.07 Å². The van der Waals surface area contributed by atoms with Crippen LogP contribution in [-0.4, -0.2) is 43.3 Å². The Labute approximate surface area is 110 Å². The average molecular weight is 252 g/mol. The summed E-state index contributed by atoms with van der Waals surface area (Å²) in [6.07, 6.45) is 0.